The smallest absolute Gasteiger partial charge is 0.317 e. The molecule has 3 amide bonds. The second-order valence-corrected chi connectivity index (χ2v) is 7.21. The van der Waals surface area contributed by atoms with Gasteiger partial charge in [-0.1, -0.05) is 13.8 Å². The molecule has 2 atom stereocenters. The van der Waals surface area contributed by atoms with Gasteiger partial charge in [0, 0.05) is 45.5 Å². The molecule has 1 aliphatic rings. The summed E-state index contributed by atoms with van der Waals surface area (Å²) in [6, 6.07) is -0.155. The first-order valence-electron chi connectivity index (χ1n) is 7.73. The highest BCUT2D eigenvalue weighted by atomic mass is 32.1. The number of hydrogen-bond donors (Lipinski definition) is 2. The number of carbonyl (C=O) groups excluding carboxylic acids is 2. The van der Waals surface area contributed by atoms with Gasteiger partial charge in [0.1, 0.15) is 5.69 Å². The Bertz CT molecular complexity index is 572. The summed E-state index contributed by atoms with van der Waals surface area (Å²) in [6.07, 6.45) is 0. The minimum atomic E-state index is -0.124. The number of urea groups is 1. The quantitative estimate of drug-likeness (QED) is 0.872. The second kappa shape index (κ2) is 7.16. The van der Waals surface area contributed by atoms with Gasteiger partial charge >= 0.3 is 6.03 Å². The number of hydrogen-bond acceptors (Lipinski definition) is 5. The maximum atomic E-state index is 12.6. The van der Waals surface area contributed by atoms with Gasteiger partial charge < -0.3 is 20.4 Å². The summed E-state index contributed by atoms with van der Waals surface area (Å²) in [5.41, 5.74) is 0.460. The van der Waals surface area contributed by atoms with Crippen molar-refractivity contribution in [3.63, 3.8) is 0 Å². The lowest BCUT2D eigenvalue weighted by molar-refractivity contribution is 0.0777. The van der Waals surface area contributed by atoms with Crippen molar-refractivity contribution in [2.45, 2.75) is 19.9 Å². The highest BCUT2D eigenvalue weighted by Gasteiger charge is 2.38. The Hall–Kier alpha value is -1.83. The lowest BCUT2D eigenvalue weighted by Crippen LogP contribution is -2.46. The van der Waals surface area contributed by atoms with Crippen LogP contribution in [0.15, 0.2) is 5.38 Å². The number of likely N-dealkylation sites (tertiary alicyclic amines) is 1. The Morgan fingerprint density at radius 1 is 1.39 bits per heavy atom. The van der Waals surface area contributed by atoms with Crippen LogP contribution in [0.5, 0.6) is 0 Å². The summed E-state index contributed by atoms with van der Waals surface area (Å²) < 4.78 is 0. The average molecular weight is 339 g/mol. The molecular weight excluding hydrogens is 314 g/mol. The molecule has 1 aromatic heterocycles. The standard InChI is InChI=1S/C15H25N5O2S/c1-9(2)10-6-20(7-11(10)18-15(22)19(4)5)13(21)12-8-23-14(16-3)17-12/h8-11H,6-7H2,1-5H3,(H,16,17)(H,18,22). The summed E-state index contributed by atoms with van der Waals surface area (Å²) in [4.78, 5) is 32.2. The Labute approximate surface area is 141 Å². The lowest BCUT2D eigenvalue weighted by atomic mass is 9.91. The topological polar surface area (TPSA) is 77.6 Å². The number of amides is 3. The van der Waals surface area contributed by atoms with Crippen LogP contribution in [0.2, 0.25) is 0 Å². The Kier molecular flexibility index (Phi) is 5.46. The van der Waals surface area contributed by atoms with E-state index in [1.807, 2.05) is 0 Å². The zero-order valence-electron chi connectivity index (χ0n) is 14.3. The highest BCUT2D eigenvalue weighted by molar-refractivity contribution is 7.13. The van der Waals surface area contributed by atoms with Crippen molar-refractivity contribution >= 4 is 28.4 Å². The molecule has 8 heteroatoms. The molecule has 1 aliphatic heterocycles. The Morgan fingerprint density at radius 2 is 2.09 bits per heavy atom. The minimum Gasteiger partial charge on any atom is -0.365 e. The van der Waals surface area contributed by atoms with E-state index >= 15 is 0 Å². The third-order valence-corrected chi connectivity index (χ3v) is 5.02. The first-order valence-corrected chi connectivity index (χ1v) is 8.61. The number of aromatic nitrogens is 1. The van der Waals surface area contributed by atoms with Crippen LogP contribution in [0, 0.1) is 11.8 Å². The van der Waals surface area contributed by atoms with Gasteiger partial charge in [-0.05, 0) is 5.92 Å². The summed E-state index contributed by atoms with van der Waals surface area (Å²) in [7, 11) is 5.21. The van der Waals surface area contributed by atoms with Gasteiger partial charge in [0.25, 0.3) is 5.91 Å². The van der Waals surface area contributed by atoms with E-state index in [1.165, 1.54) is 16.2 Å². The normalized spacial score (nSPS) is 20.7. The predicted molar refractivity (Wildman–Crippen MR) is 91.9 cm³/mol. The van der Waals surface area contributed by atoms with E-state index in [-0.39, 0.29) is 23.9 Å². The maximum absolute atomic E-state index is 12.6. The van der Waals surface area contributed by atoms with Gasteiger partial charge in [-0.2, -0.15) is 0 Å². The summed E-state index contributed by atoms with van der Waals surface area (Å²) in [6.45, 7) is 5.40. The fourth-order valence-corrected chi connectivity index (χ4v) is 3.41. The van der Waals surface area contributed by atoms with Crippen LogP contribution in [-0.2, 0) is 0 Å². The Balaban J connectivity index is 2.09. The van der Waals surface area contributed by atoms with E-state index < -0.39 is 0 Å². The van der Waals surface area contributed by atoms with Gasteiger partial charge in [0.05, 0.1) is 6.04 Å². The van der Waals surface area contributed by atoms with E-state index in [9.17, 15) is 9.59 Å². The molecule has 0 bridgehead atoms. The van der Waals surface area contributed by atoms with Gasteiger partial charge in [0.15, 0.2) is 5.13 Å². The molecule has 0 aromatic carbocycles. The molecule has 2 rings (SSSR count). The van der Waals surface area contributed by atoms with Crippen LogP contribution >= 0.6 is 11.3 Å². The molecule has 0 aliphatic carbocycles. The molecule has 1 fully saturated rings. The first-order chi connectivity index (χ1) is 10.8. The van der Waals surface area contributed by atoms with E-state index in [2.05, 4.69) is 29.5 Å². The largest absolute Gasteiger partial charge is 0.365 e. The number of nitrogens with one attached hydrogen (secondary N) is 2. The van der Waals surface area contributed by atoms with Crippen molar-refractivity contribution in [1.82, 2.24) is 20.1 Å². The third-order valence-electron chi connectivity index (χ3n) is 4.16. The van der Waals surface area contributed by atoms with E-state index in [0.29, 0.717) is 24.7 Å². The van der Waals surface area contributed by atoms with Crippen LogP contribution in [0.1, 0.15) is 24.3 Å². The molecule has 1 aromatic rings. The van der Waals surface area contributed by atoms with E-state index in [1.54, 1.807) is 31.4 Å². The fourth-order valence-electron chi connectivity index (χ4n) is 2.76. The van der Waals surface area contributed by atoms with Crippen molar-refractivity contribution in [3.8, 4) is 0 Å². The summed E-state index contributed by atoms with van der Waals surface area (Å²) in [5, 5.41) is 8.46. The molecular formula is C15H25N5O2S. The van der Waals surface area contributed by atoms with Gasteiger partial charge in [0.2, 0.25) is 0 Å². The minimum absolute atomic E-state index is 0.0312. The third kappa shape index (κ3) is 3.93. The van der Waals surface area contributed by atoms with Crippen molar-refractivity contribution in [3.05, 3.63) is 11.1 Å². The monoisotopic (exact) mass is 339 g/mol. The summed E-state index contributed by atoms with van der Waals surface area (Å²) >= 11 is 1.41. The zero-order chi connectivity index (χ0) is 17.1. The number of anilines is 1. The molecule has 0 saturated carbocycles. The van der Waals surface area contributed by atoms with Crippen LogP contribution in [0.25, 0.3) is 0 Å². The molecule has 7 nitrogen and oxygen atoms in total. The average Bonchev–Trinajstić information content (AvgIpc) is 3.13. The van der Waals surface area contributed by atoms with E-state index in [4.69, 9.17) is 0 Å². The first kappa shape index (κ1) is 17.5. The Morgan fingerprint density at radius 3 is 2.61 bits per heavy atom. The van der Waals surface area contributed by atoms with Crippen molar-refractivity contribution in [2.24, 2.45) is 11.8 Å². The van der Waals surface area contributed by atoms with Gasteiger partial charge in [-0.3, -0.25) is 4.79 Å². The highest BCUT2D eigenvalue weighted by Crippen LogP contribution is 2.26. The molecule has 0 spiro atoms. The molecule has 128 valence electrons. The molecule has 23 heavy (non-hydrogen) atoms. The number of rotatable bonds is 4. The van der Waals surface area contributed by atoms with Crippen molar-refractivity contribution in [1.29, 1.82) is 0 Å². The summed E-state index contributed by atoms with van der Waals surface area (Å²) in [5.74, 6) is 0.545. The van der Waals surface area contributed by atoms with E-state index in [0.717, 1.165) is 5.13 Å². The van der Waals surface area contributed by atoms with Crippen molar-refractivity contribution in [2.75, 3.05) is 39.5 Å². The maximum Gasteiger partial charge on any atom is 0.317 e. The lowest BCUT2D eigenvalue weighted by Gasteiger charge is -2.24. The predicted octanol–water partition coefficient (Wildman–Crippen LogP) is 1.55. The second-order valence-electron chi connectivity index (χ2n) is 6.36. The fraction of sp³-hybridized carbons (Fsp3) is 0.667. The molecule has 2 N–H and O–H groups in total. The van der Waals surface area contributed by atoms with Crippen LogP contribution in [0.4, 0.5) is 9.93 Å². The van der Waals surface area contributed by atoms with Gasteiger partial charge in [-0.15, -0.1) is 11.3 Å². The van der Waals surface area contributed by atoms with Crippen LogP contribution < -0.4 is 10.6 Å². The zero-order valence-corrected chi connectivity index (χ0v) is 15.1. The number of thiazole rings is 1. The van der Waals surface area contributed by atoms with Crippen molar-refractivity contribution < 1.29 is 9.59 Å². The van der Waals surface area contributed by atoms with Crippen LogP contribution in [-0.4, -0.2) is 67.0 Å². The SMILES string of the molecule is CNc1nc(C(=O)N2CC(NC(=O)N(C)C)C(C(C)C)C2)cs1. The number of nitrogens with zero attached hydrogens (tertiary/aromatic N) is 3. The molecule has 2 heterocycles. The van der Waals surface area contributed by atoms with Crippen LogP contribution in [0.3, 0.4) is 0 Å². The molecule has 2 unspecified atom stereocenters. The molecule has 1 saturated heterocycles. The number of carbonyl (C=O) groups is 2. The van der Waals surface area contributed by atoms with Gasteiger partial charge in [-0.25, -0.2) is 9.78 Å². The molecule has 0 radical (unpaired) electrons.